The topological polar surface area (TPSA) is 105 Å². The molecule has 2 fully saturated rings. The van der Waals surface area contributed by atoms with E-state index in [0.717, 1.165) is 4.90 Å². The number of methoxy groups -OCH3 is 1. The number of ether oxygens (including phenoxy) is 2. The normalized spacial score (nSPS) is 25.1. The molecule has 0 bridgehead atoms. The number of hydrogen-bond donors (Lipinski definition) is 2. The molecule has 36 heavy (non-hydrogen) atoms. The van der Waals surface area contributed by atoms with Crippen LogP contribution in [-0.2, 0) is 24.7 Å². The maximum absolute atomic E-state index is 14.0. The second-order valence-electron chi connectivity index (χ2n) is 8.80. The number of para-hydroxylation sites is 1. The second-order valence-corrected chi connectivity index (χ2v) is 8.80. The molecule has 0 aromatic heterocycles. The van der Waals surface area contributed by atoms with Gasteiger partial charge in [0.15, 0.2) is 17.0 Å². The molecule has 2 heterocycles. The van der Waals surface area contributed by atoms with E-state index in [1.54, 1.807) is 73.7 Å². The first-order valence-corrected chi connectivity index (χ1v) is 11.7. The van der Waals surface area contributed by atoms with Gasteiger partial charge < -0.3 is 14.6 Å². The fourth-order valence-corrected chi connectivity index (χ4v) is 5.43. The Morgan fingerprint density at radius 3 is 2.31 bits per heavy atom. The Labute approximate surface area is 208 Å². The summed E-state index contributed by atoms with van der Waals surface area (Å²) in [5.74, 6) is -3.33. The Morgan fingerprint density at radius 1 is 1.00 bits per heavy atom. The first-order valence-electron chi connectivity index (χ1n) is 11.7. The Bertz CT molecular complexity index is 1310. The fourth-order valence-electron chi connectivity index (χ4n) is 5.43. The molecule has 0 unspecified atom stereocenters. The molecule has 3 aromatic carbocycles. The van der Waals surface area contributed by atoms with Gasteiger partial charge in [-0.15, -0.1) is 0 Å². The minimum absolute atomic E-state index is 0.0600. The molecule has 0 radical (unpaired) electrons. The molecule has 0 aliphatic carbocycles. The standard InChI is InChI=1S/C28H26N2O6/c1-3-36-27(34)28(18-10-6-4-7-11-18)23-22(24(29-28)17-14-15-20(31)21(16-17)35-2)25(32)30(26(23)33)19-12-8-5-9-13-19/h4-16,22-24,29,31H,3H2,1-2H3/t22-,23+,24-,28-/m0/s1. The van der Waals surface area contributed by atoms with Crippen molar-refractivity contribution in [1.29, 1.82) is 0 Å². The number of hydrogen-bond acceptors (Lipinski definition) is 7. The molecule has 3 aromatic rings. The van der Waals surface area contributed by atoms with Crippen LogP contribution in [-0.4, -0.2) is 36.6 Å². The lowest BCUT2D eigenvalue weighted by atomic mass is 9.75. The number of benzene rings is 3. The summed E-state index contributed by atoms with van der Waals surface area (Å²) in [6, 6.07) is 21.6. The summed E-state index contributed by atoms with van der Waals surface area (Å²) < 4.78 is 10.8. The first kappa shape index (κ1) is 23.6. The second kappa shape index (κ2) is 9.13. The third-order valence-corrected chi connectivity index (χ3v) is 6.96. The quantitative estimate of drug-likeness (QED) is 0.407. The minimum Gasteiger partial charge on any atom is -0.504 e. The van der Waals surface area contributed by atoms with Gasteiger partial charge in [0, 0.05) is 6.04 Å². The molecule has 4 atom stereocenters. The predicted molar refractivity (Wildman–Crippen MR) is 131 cm³/mol. The maximum Gasteiger partial charge on any atom is 0.331 e. The number of phenolic OH excluding ortho intramolecular Hbond substituents is 1. The van der Waals surface area contributed by atoms with E-state index in [1.165, 1.54) is 13.2 Å². The number of anilines is 1. The molecule has 2 amide bonds. The summed E-state index contributed by atoms with van der Waals surface area (Å²) in [6.45, 7) is 1.80. The molecule has 2 aliphatic rings. The van der Waals surface area contributed by atoms with E-state index in [1.807, 2.05) is 6.07 Å². The highest BCUT2D eigenvalue weighted by molar-refractivity contribution is 6.24. The molecule has 2 saturated heterocycles. The molecular formula is C28H26N2O6. The smallest absolute Gasteiger partial charge is 0.331 e. The van der Waals surface area contributed by atoms with Crippen LogP contribution in [0.5, 0.6) is 11.5 Å². The summed E-state index contributed by atoms with van der Waals surface area (Å²) >= 11 is 0. The van der Waals surface area contributed by atoms with Gasteiger partial charge in [-0.05, 0) is 42.3 Å². The number of amides is 2. The van der Waals surface area contributed by atoms with Crippen molar-refractivity contribution in [2.45, 2.75) is 18.5 Å². The lowest BCUT2D eigenvalue weighted by molar-refractivity contribution is -0.155. The molecule has 0 spiro atoms. The molecule has 5 rings (SSSR count). The number of rotatable bonds is 6. The summed E-state index contributed by atoms with van der Waals surface area (Å²) in [7, 11) is 1.43. The number of phenols is 1. The number of carbonyl (C=O) groups is 3. The largest absolute Gasteiger partial charge is 0.504 e. The predicted octanol–water partition coefficient (Wildman–Crippen LogP) is 3.31. The van der Waals surface area contributed by atoms with Crippen molar-refractivity contribution in [2.24, 2.45) is 11.8 Å². The Kier molecular flexibility index (Phi) is 5.97. The van der Waals surface area contributed by atoms with Crippen LogP contribution in [0.4, 0.5) is 5.69 Å². The molecule has 0 saturated carbocycles. The van der Waals surface area contributed by atoms with Crippen LogP contribution in [0.25, 0.3) is 0 Å². The van der Waals surface area contributed by atoms with Crippen LogP contribution in [0.2, 0.25) is 0 Å². The van der Waals surface area contributed by atoms with Gasteiger partial charge in [0.05, 0.1) is 31.2 Å². The van der Waals surface area contributed by atoms with Gasteiger partial charge in [0.2, 0.25) is 11.8 Å². The van der Waals surface area contributed by atoms with Crippen LogP contribution in [0.15, 0.2) is 78.9 Å². The van der Waals surface area contributed by atoms with Crippen molar-refractivity contribution in [3.05, 3.63) is 90.0 Å². The molecular weight excluding hydrogens is 460 g/mol. The molecule has 2 N–H and O–H groups in total. The highest BCUT2D eigenvalue weighted by Crippen LogP contribution is 2.54. The number of fused-ring (bicyclic) bond motifs is 1. The third-order valence-electron chi connectivity index (χ3n) is 6.96. The van der Waals surface area contributed by atoms with Gasteiger partial charge in [0.1, 0.15) is 0 Å². The van der Waals surface area contributed by atoms with E-state index in [2.05, 4.69) is 5.32 Å². The van der Waals surface area contributed by atoms with E-state index in [9.17, 15) is 19.5 Å². The average Bonchev–Trinajstić information content (AvgIpc) is 3.40. The van der Waals surface area contributed by atoms with Crippen LogP contribution in [0, 0.1) is 11.8 Å². The average molecular weight is 487 g/mol. The SMILES string of the molecule is CCOC(=O)[C@@]1(c2ccccc2)N[C@@H](c2ccc(O)c(OC)c2)[C@H]2C(=O)N(c3ccccc3)C(=O)[C@@H]21. The van der Waals surface area contributed by atoms with E-state index < -0.39 is 41.2 Å². The van der Waals surface area contributed by atoms with Crippen LogP contribution in [0.3, 0.4) is 0 Å². The number of aromatic hydroxyl groups is 1. The van der Waals surface area contributed by atoms with Gasteiger partial charge in [-0.1, -0.05) is 54.6 Å². The highest BCUT2D eigenvalue weighted by atomic mass is 16.5. The Balaban J connectivity index is 1.73. The summed E-state index contributed by atoms with van der Waals surface area (Å²) in [5.41, 5.74) is -0.0381. The van der Waals surface area contributed by atoms with Crippen molar-refractivity contribution >= 4 is 23.5 Å². The highest BCUT2D eigenvalue weighted by Gasteiger charge is 2.69. The maximum atomic E-state index is 14.0. The zero-order valence-corrected chi connectivity index (χ0v) is 19.9. The first-order chi connectivity index (χ1) is 17.4. The van der Waals surface area contributed by atoms with Gasteiger partial charge in [-0.3, -0.25) is 14.9 Å². The van der Waals surface area contributed by atoms with Gasteiger partial charge in [-0.2, -0.15) is 0 Å². The zero-order chi connectivity index (χ0) is 25.4. The van der Waals surface area contributed by atoms with Crippen LogP contribution in [0.1, 0.15) is 24.1 Å². The van der Waals surface area contributed by atoms with Gasteiger partial charge >= 0.3 is 5.97 Å². The number of esters is 1. The fraction of sp³-hybridized carbons (Fsp3) is 0.250. The van der Waals surface area contributed by atoms with Crippen molar-refractivity contribution in [3.63, 3.8) is 0 Å². The summed E-state index contributed by atoms with van der Waals surface area (Å²) in [5, 5.41) is 13.5. The number of imide groups is 1. The zero-order valence-electron chi connectivity index (χ0n) is 19.9. The summed E-state index contributed by atoms with van der Waals surface area (Å²) in [4.78, 5) is 42.9. The monoisotopic (exact) mass is 486 g/mol. The molecule has 8 heteroatoms. The number of carbonyl (C=O) groups excluding carboxylic acids is 3. The van der Waals surface area contributed by atoms with Crippen LogP contribution >= 0.6 is 0 Å². The lowest BCUT2D eigenvalue weighted by Gasteiger charge is -2.33. The van der Waals surface area contributed by atoms with E-state index in [-0.39, 0.29) is 18.1 Å². The number of nitrogens with one attached hydrogen (secondary N) is 1. The Morgan fingerprint density at radius 2 is 1.67 bits per heavy atom. The molecule has 184 valence electrons. The Hall–Kier alpha value is -4.17. The molecule has 8 nitrogen and oxygen atoms in total. The third kappa shape index (κ3) is 3.45. The lowest BCUT2D eigenvalue weighted by Crippen LogP contribution is -2.54. The van der Waals surface area contributed by atoms with Gasteiger partial charge in [0.25, 0.3) is 0 Å². The van der Waals surface area contributed by atoms with E-state index >= 15 is 0 Å². The molecule has 2 aliphatic heterocycles. The van der Waals surface area contributed by atoms with E-state index in [0.29, 0.717) is 16.8 Å². The van der Waals surface area contributed by atoms with Crippen molar-refractivity contribution in [3.8, 4) is 11.5 Å². The van der Waals surface area contributed by atoms with Gasteiger partial charge in [-0.25, -0.2) is 9.69 Å². The van der Waals surface area contributed by atoms with Crippen molar-refractivity contribution < 1.29 is 29.0 Å². The summed E-state index contributed by atoms with van der Waals surface area (Å²) in [6.07, 6.45) is 0. The minimum atomic E-state index is -1.60. The van der Waals surface area contributed by atoms with Crippen molar-refractivity contribution in [2.75, 3.05) is 18.6 Å². The van der Waals surface area contributed by atoms with E-state index in [4.69, 9.17) is 9.47 Å². The van der Waals surface area contributed by atoms with Crippen LogP contribution < -0.4 is 15.0 Å². The van der Waals surface area contributed by atoms with Crippen molar-refractivity contribution in [1.82, 2.24) is 5.32 Å². The number of nitrogens with zero attached hydrogens (tertiary/aromatic N) is 1.